The van der Waals surface area contributed by atoms with Gasteiger partial charge in [0.25, 0.3) is 11.7 Å². The van der Waals surface area contributed by atoms with E-state index in [-0.39, 0.29) is 11.3 Å². The van der Waals surface area contributed by atoms with Gasteiger partial charge < -0.3 is 14.7 Å². The molecule has 0 bridgehead atoms. The summed E-state index contributed by atoms with van der Waals surface area (Å²) in [5.41, 5.74) is 3.65. The molecule has 3 aromatic rings. The Morgan fingerprint density at radius 2 is 1.89 bits per heavy atom. The van der Waals surface area contributed by atoms with Crippen molar-refractivity contribution in [3.63, 3.8) is 0 Å². The summed E-state index contributed by atoms with van der Waals surface area (Å²) in [7, 11) is 1.95. The van der Waals surface area contributed by atoms with Crippen molar-refractivity contribution in [1.82, 2.24) is 4.98 Å². The van der Waals surface area contributed by atoms with Gasteiger partial charge in [-0.25, -0.2) is 0 Å². The third kappa shape index (κ3) is 3.93. The van der Waals surface area contributed by atoms with Crippen molar-refractivity contribution in [2.75, 3.05) is 30.0 Å². The Hall–Kier alpha value is -4.13. The lowest BCUT2D eigenvalue weighted by Gasteiger charge is -2.28. The van der Waals surface area contributed by atoms with Crippen molar-refractivity contribution in [1.29, 1.82) is 0 Å². The predicted molar refractivity (Wildman–Crippen MR) is 135 cm³/mol. The van der Waals surface area contributed by atoms with Gasteiger partial charge in [0.2, 0.25) is 0 Å². The van der Waals surface area contributed by atoms with Gasteiger partial charge in [0.1, 0.15) is 18.1 Å². The Morgan fingerprint density at radius 3 is 2.57 bits per heavy atom. The van der Waals surface area contributed by atoms with Crippen molar-refractivity contribution >= 4 is 28.8 Å². The number of amides is 1. The Bertz CT molecular complexity index is 1320. The maximum atomic E-state index is 13.4. The Labute approximate surface area is 204 Å². The normalized spacial score (nSPS) is 19.1. The SMILES string of the molecule is CC(C)c1ccc(N2C(=O)C(=O)/C(=C(\O)c3ccc4c(c3)N(C)CCO4)C2c2cccnc2)cc1. The van der Waals surface area contributed by atoms with Gasteiger partial charge in [0.05, 0.1) is 23.8 Å². The average molecular weight is 470 g/mol. The Balaban J connectivity index is 1.66. The highest BCUT2D eigenvalue weighted by molar-refractivity contribution is 6.51. The smallest absolute Gasteiger partial charge is 0.300 e. The number of aromatic nitrogens is 1. The molecule has 1 saturated heterocycles. The maximum absolute atomic E-state index is 13.4. The zero-order valence-corrected chi connectivity index (χ0v) is 19.9. The number of aliphatic hydroxyl groups excluding tert-OH is 1. The highest BCUT2D eigenvalue weighted by Gasteiger charge is 2.47. The van der Waals surface area contributed by atoms with Crippen LogP contribution in [0.5, 0.6) is 5.75 Å². The van der Waals surface area contributed by atoms with Crippen LogP contribution in [0, 0.1) is 0 Å². The lowest BCUT2D eigenvalue weighted by molar-refractivity contribution is -0.132. The molecule has 1 amide bonds. The van der Waals surface area contributed by atoms with Crippen LogP contribution in [0.15, 0.2) is 72.6 Å². The number of fused-ring (bicyclic) bond motifs is 1. The van der Waals surface area contributed by atoms with Crippen LogP contribution in [0.3, 0.4) is 0 Å². The zero-order valence-electron chi connectivity index (χ0n) is 19.9. The first-order valence-electron chi connectivity index (χ1n) is 11.7. The molecule has 7 nitrogen and oxygen atoms in total. The van der Waals surface area contributed by atoms with E-state index in [0.717, 1.165) is 11.3 Å². The first kappa shape index (κ1) is 22.7. The number of hydrogen-bond donors (Lipinski definition) is 1. The second-order valence-electron chi connectivity index (χ2n) is 9.15. The van der Waals surface area contributed by atoms with Gasteiger partial charge in [-0.2, -0.15) is 0 Å². The van der Waals surface area contributed by atoms with Crippen LogP contribution in [0.2, 0.25) is 0 Å². The summed E-state index contributed by atoms with van der Waals surface area (Å²) in [5.74, 6) is -0.590. The number of rotatable bonds is 4. The number of ketones is 1. The van der Waals surface area contributed by atoms with Crippen molar-refractivity contribution in [2.24, 2.45) is 0 Å². The molecule has 1 aromatic heterocycles. The molecule has 35 heavy (non-hydrogen) atoms. The summed E-state index contributed by atoms with van der Waals surface area (Å²) in [6.45, 7) is 5.48. The number of aliphatic hydroxyl groups is 1. The molecule has 0 aliphatic carbocycles. The van der Waals surface area contributed by atoms with Crippen LogP contribution in [0.25, 0.3) is 5.76 Å². The largest absolute Gasteiger partial charge is 0.507 e. The van der Waals surface area contributed by atoms with Crippen LogP contribution in [0.1, 0.15) is 42.5 Å². The molecular formula is C28H27N3O4. The zero-order chi connectivity index (χ0) is 24.7. The third-order valence-corrected chi connectivity index (χ3v) is 6.61. The fourth-order valence-corrected chi connectivity index (χ4v) is 4.63. The van der Waals surface area contributed by atoms with Crippen LogP contribution >= 0.6 is 0 Å². The molecule has 2 aliphatic heterocycles. The highest BCUT2D eigenvalue weighted by Crippen LogP contribution is 2.43. The lowest BCUT2D eigenvalue weighted by Crippen LogP contribution is -2.29. The molecule has 1 atom stereocenters. The van der Waals surface area contributed by atoms with Gasteiger partial charge in [-0.05, 0) is 53.4 Å². The molecule has 2 aromatic carbocycles. The third-order valence-electron chi connectivity index (χ3n) is 6.61. The van der Waals surface area contributed by atoms with Crippen LogP contribution in [0.4, 0.5) is 11.4 Å². The number of anilines is 2. The number of benzene rings is 2. The molecule has 178 valence electrons. The summed E-state index contributed by atoms with van der Waals surface area (Å²) in [6.07, 6.45) is 3.25. The summed E-state index contributed by atoms with van der Waals surface area (Å²) >= 11 is 0. The first-order chi connectivity index (χ1) is 16.9. The van der Waals surface area contributed by atoms with Crippen LogP contribution in [-0.4, -0.2) is 42.0 Å². The number of pyridine rings is 1. The van der Waals surface area contributed by atoms with Gasteiger partial charge >= 0.3 is 0 Å². The van der Waals surface area contributed by atoms with Crippen molar-refractivity contribution in [3.8, 4) is 5.75 Å². The van der Waals surface area contributed by atoms with E-state index in [1.807, 2.05) is 36.2 Å². The van der Waals surface area contributed by atoms with E-state index in [1.165, 1.54) is 4.90 Å². The van der Waals surface area contributed by atoms with E-state index in [2.05, 4.69) is 18.8 Å². The van der Waals surface area contributed by atoms with Crippen LogP contribution < -0.4 is 14.5 Å². The van der Waals surface area contributed by atoms with E-state index in [0.29, 0.717) is 41.6 Å². The van der Waals surface area contributed by atoms with E-state index in [9.17, 15) is 14.7 Å². The summed E-state index contributed by atoms with van der Waals surface area (Å²) in [6, 6.07) is 15.6. The number of hydrogen-bond acceptors (Lipinski definition) is 6. The minimum Gasteiger partial charge on any atom is -0.507 e. The Kier molecular flexibility index (Phi) is 5.76. The molecule has 2 aliphatic rings. The van der Waals surface area contributed by atoms with Gasteiger partial charge in [-0.15, -0.1) is 0 Å². The summed E-state index contributed by atoms with van der Waals surface area (Å²) in [5, 5.41) is 11.4. The van der Waals surface area contributed by atoms with Gasteiger partial charge in [0.15, 0.2) is 0 Å². The molecular weight excluding hydrogens is 442 g/mol. The fraction of sp³-hybridized carbons (Fsp3) is 0.250. The fourth-order valence-electron chi connectivity index (χ4n) is 4.63. The first-order valence-corrected chi connectivity index (χ1v) is 11.7. The molecule has 5 rings (SSSR count). The second-order valence-corrected chi connectivity index (χ2v) is 9.15. The van der Waals surface area contributed by atoms with Gasteiger partial charge in [0, 0.05) is 30.7 Å². The number of carbonyl (C=O) groups excluding carboxylic acids is 2. The van der Waals surface area contributed by atoms with Crippen molar-refractivity contribution in [3.05, 3.63) is 89.3 Å². The predicted octanol–water partition coefficient (Wildman–Crippen LogP) is 4.66. The minimum absolute atomic E-state index is 0.0373. The topological polar surface area (TPSA) is 83.0 Å². The summed E-state index contributed by atoms with van der Waals surface area (Å²) in [4.78, 5) is 34.4. The van der Waals surface area contributed by atoms with Crippen molar-refractivity contribution in [2.45, 2.75) is 25.8 Å². The quantitative estimate of drug-likeness (QED) is 0.340. The number of Topliss-reactive ketones (excluding diaryl/α,β-unsaturated/α-hetero) is 1. The molecule has 7 heteroatoms. The Morgan fingerprint density at radius 1 is 1.11 bits per heavy atom. The van der Waals surface area contributed by atoms with E-state index in [4.69, 9.17) is 4.74 Å². The van der Waals surface area contributed by atoms with Gasteiger partial charge in [-0.3, -0.25) is 19.5 Å². The van der Waals surface area contributed by atoms with E-state index in [1.54, 1.807) is 42.7 Å². The van der Waals surface area contributed by atoms with Crippen LogP contribution in [-0.2, 0) is 9.59 Å². The number of carbonyl (C=O) groups is 2. The molecule has 1 fully saturated rings. The van der Waals surface area contributed by atoms with Crippen molar-refractivity contribution < 1.29 is 19.4 Å². The maximum Gasteiger partial charge on any atom is 0.300 e. The molecule has 1 unspecified atom stereocenters. The van der Waals surface area contributed by atoms with E-state index >= 15 is 0 Å². The monoisotopic (exact) mass is 469 g/mol. The number of ether oxygens (including phenoxy) is 1. The summed E-state index contributed by atoms with van der Waals surface area (Å²) < 4.78 is 5.71. The highest BCUT2D eigenvalue weighted by atomic mass is 16.5. The standard InChI is InChI=1S/C28H27N3O4/c1-17(2)18-6-9-21(10-7-18)31-25(20-5-4-12-29-16-20)24(27(33)28(31)34)26(32)19-8-11-23-22(15-19)30(3)13-14-35-23/h4-12,15-17,25,32H,13-14H2,1-3H3/b26-24-. The lowest BCUT2D eigenvalue weighted by atomic mass is 9.95. The average Bonchev–Trinajstić information content (AvgIpc) is 3.14. The minimum atomic E-state index is -0.807. The molecule has 0 spiro atoms. The molecule has 1 N–H and O–H groups in total. The van der Waals surface area contributed by atoms with Gasteiger partial charge in [-0.1, -0.05) is 32.0 Å². The molecule has 3 heterocycles. The number of likely N-dealkylation sites (N-methyl/N-ethyl adjacent to an activating group) is 1. The second kappa shape index (κ2) is 8.91. The van der Waals surface area contributed by atoms with E-state index < -0.39 is 17.7 Å². The molecule has 0 saturated carbocycles. The molecule has 0 radical (unpaired) electrons. The number of nitrogens with zero attached hydrogens (tertiary/aromatic N) is 3.